The molecule has 1 saturated heterocycles. The van der Waals surface area contributed by atoms with E-state index in [4.69, 9.17) is 11.6 Å². The molecule has 1 atom stereocenters. The lowest BCUT2D eigenvalue weighted by Crippen LogP contribution is -2.39. The van der Waals surface area contributed by atoms with Gasteiger partial charge in [0.25, 0.3) is 5.69 Å². The summed E-state index contributed by atoms with van der Waals surface area (Å²) in [6.45, 7) is 0.233. The van der Waals surface area contributed by atoms with Crippen molar-refractivity contribution in [2.45, 2.75) is 25.4 Å². The maximum Gasteiger partial charge on any atom is 0.273 e. The van der Waals surface area contributed by atoms with Crippen molar-refractivity contribution >= 4 is 27.1 Å². The Balaban J connectivity index is 2.07. The Morgan fingerprint density at radius 1 is 1.45 bits per heavy atom. The maximum absolute atomic E-state index is 11.5. The van der Waals surface area contributed by atoms with Gasteiger partial charge in [-0.05, 0) is 25.0 Å². The van der Waals surface area contributed by atoms with Crippen LogP contribution < -0.4 is 5.32 Å². The van der Waals surface area contributed by atoms with Crippen LogP contribution in [0.25, 0.3) is 0 Å². The summed E-state index contributed by atoms with van der Waals surface area (Å²) in [5.74, 6) is 0.309. The second-order valence-electron chi connectivity index (χ2n) is 4.86. The first kappa shape index (κ1) is 15.2. The summed E-state index contributed by atoms with van der Waals surface area (Å²) >= 11 is 5.84. The molecule has 1 aliphatic rings. The Hall–Kier alpha value is -1.18. The predicted molar refractivity (Wildman–Crippen MR) is 76.6 cm³/mol. The minimum Gasteiger partial charge on any atom is -0.309 e. The highest BCUT2D eigenvalue weighted by Gasteiger charge is 2.25. The normalized spacial score (nSPS) is 21.6. The summed E-state index contributed by atoms with van der Waals surface area (Å²) in [4.78, 5) is 10.5. The zero-order valence-corrected chi connectivity index (χ0v) is 12.3. The highest BCUT2D eigenvalue weighted by molar-refractivity contribution is 7.91. The number of rotatable bonds is 4. The number of hydrogen-bond acceptors (Lipinski definition) is 5. The van der Waals surface area contributed by atoms with Crippen LogP contribution in [-0.2, 0) is 16.4 Å². The van der Waals surface area contributed by atoms with Crippen LogP contribution in [0.15, 0.2) is 18.2 Å². The zero-order valence-electron chi connectivity index (χ0n) is 10.7. The van der Waals surface area contributed by atoms with Crippen LogP contribution in [0, 0.1) is 10.1 Å². The number of hydrogen-bond donors (Lipinski definition) is 1. The third-order valence-electron chi connectivity index (χ3n) is 3.28. The molecule has 0 spiro atoms. The van der Waals surface area contributed by atoms with Gasteiger partial charge < -0.3 is 5.32 Å². The molecule has 0 aliphatic carbocycles. The van der Waals surface area contributed by atoms with E-state index >= 15 is 0 Å². The largest absolute Gasteiger partial charge is 0.309 e. The van der Waals surface area contributed by atoms with Crippen molar-refractivity contribution in [3.63, 3.8) is 0 Å². The number of benzene rings is 1. The van der Waals surface area contributed by atoms with Gasteiger partial charge in [0.1, 0.15) is 0 Å². The third-order valence-corrected chi connectivity index (χ3v) is 5.34. The average Bonchev–Trinajstić information content (AvgIpc) is 2.35. The number of nitro benzene ring substituents is 1. The number of halogens is 1. The summed E-state index contributed by atoms with van der Waals surface area (Å²) in [6, 6.07) is 4.20. The first-order valence-corrected chi connectivity index (χ1v) is 8.44. The lowest BCUT2D eigenvalue weighted by Gasteiger charge is -2.23. The molecular weight excluding hydrogens is 304 g/mol. The number of nitrogens with one attached hydrogen (secondary N) is 1. The highest BCUT2D eigenvalue weighted by atomic mass is 35.5. The molecule has 1 aliphatic heterocycles. The van der Waals surface area contributed by atoms with E-state index < -0.39 is 14.8 Å². The fraction of sp³-hybridized carbons (Fsp3) is 0.500. The molecule has 0 radical (unpaired) electrons. The molecule has 0 bridgehead atoms. The van der Waals surface area contributed by atoms with Crippen molar-refractivity contribution in [2.24, 2.45) is 0 Å². The first-order chi connectivity index (χ1) is 9.37. The van der Waals surface area contributed by atoms with Crippen LogP contribution in [0.5, 0.6) is 0 Å². The van der Waals surface area contributed by atoms with Gasteiger partial charge >= 0.3 is 0 Å². The van der Waals surface area contributed by atoms with E-state index in [1.165, 1.54) is 18.2 Å². The van der Waals surface area contributed by atoms with Gasteiger partial charge in [-0.15, -0.1) is 0 Å². The minimum atomic E-state index is -2.99. The van der Waals surface area contributed by atoms with Crippen LogP contribution >= 0.6 is 11.6 Å². The molecule has 2 rings (SSSR count). The van der Waals surface area contributed by atoms with Gasteiger partial charge in [0.05, 0.1) is 16.4 Å². The summed E-state index contributed by atoms with van der Waals surface area (Å²) in [7, 11) is -2.99. The Morgan fingerprint density at radius 2 is 2.20 bits per heavy atom. The quantitative estimate of drug-likeness (QED) is 0.676. The molecule has 1 heterocycles. The minimum absolute atomic E-state index is 0.0134. The van der Waals surface area contributed by atoms with Crippen molar-refractivity contribution < 1.29 is 13.3 Å². The van der Waals surface area contributed by atoms with Gasteiger partial charge in [-0.2, -0.15) is 0 Å². The van der Waals surface area contributed by atoms with Crippen molar-refractivity contribution in [1.29, 1.82) is 0 Å². The zero-order chi connectivity index (χ0) is 14.8. The third kappa shape index (κ3) is 3.91. The molecule has 1 aromatic rings. The van der Waals surface area contributed by atoms with E-state index in [1.807, 2.05) is 0 Å². The van der Waals surface area contributed by atoms with Crippen LogP contribution in [0.3, 0.4) is 0 Å². The van der Waals surface area contributed by atoms with Gasteiger partial charge in [-0.3, -0.25) is 10.1 Å². The van der Waals surface area contributed by atoms with Crippen molar-refractivity contribution in [3.05, 3.63) is 38.9 Å². The Labute approximate surface area is 122 Å². The van der Waals surface area contributed by atoms with Crippen LogP contribution in [0.4, 0.5) is 5.69 Å². The topological polar surface area (TPSA) is 89.3 Å². The van der Waals surface area contributed by atoms with Crippen molar-refractivity contribution in [1.82, 2.24) is 5.32 Å². The van der Waals surface area contributed by atoms with Crippen LogP contribution in [0.1, 0.15) is 18.4 Å². The van der Waals surface area contributed by atoms with E-state index in [0.29, 0.717) is 17.0 Å². The Morgan fingerprint density at radius 3 is 2.85 bits per heavy atom. The van der Waals surface area contributed by atoms with E-state index in [1.54, 1.807) is 0 Å². The van der Waals surface area contributed by atoms with Gasteiger partial charge in [-0.25, -0.2) is 8.42 Å². The van der Waals surface area contributed by atoms with E-state index in [9.17, 15) is 18.5 Å². The molecule has 6 nitrogen and oxygen atoms in total. The average molecular weight is 319 g/mol. The van der Waals surface area contributed by atoms with Gasteiger partial charge in [0.2, 0.25) is 0 Å². The van der Waals surface area contributed by atoms with E-state index in [2.05, 4.69) is 5.32 Å². The molecular formula is C12H15ClN2O4S. The summed E-state index contributed by atoms with van der Waals surface area (Å²) in [5, 5.41) is 14.4. The predicted octanol–water partition coefficient (Wildman–Crippen LogP) is 1.91. The second kappa shape index (κ2) is 6.07. The fourth-order valence-electron chi connectivity index (χ4n) is 2.31. The molecule has 0 amide bonds. The van der Waals surface area contributed by atoms with Gasteiger partial charge in [0, 0.05) is 29.2 Å². The van der Waals surface area contributed by atoms with Crippen molar-refractivity contribution in [3.8, 4) is 0 Å². The SMILES string of the molecule is O=[N+]([O-])c1ccc(Cl)cc1CNC1CCCS(=O)(=O)C1. The molecule has 20 heavy (non-hydrogen) atoms. The molecule has 1 N–H and O–H groups in total. The Kier molecular flexibility index (Phi) is 4.62. The summed E-state index contributed by atoms with van der Waals surface area (Å²) < 4.78 is 23.1. The van der Waals surface area contributed by atoms with E-state index in [-0.39, 0.29) is 29.8 Å². The molecule has 1 fully saturated rings. The standard InChI is InChI=1S/C12H15ClN2O4S/c13-10-3-4-12(15(16)17)9(6-10)7-14-11-2-1-5-20(18,19)8-11/h3-4,6,11,14H,1-2,5,7-8H2. The molecule has 8 heteroatoms. The number of nitrogens with zero attached hydrogens (tertiary/aromatic N) is 1. The number of sulfone groups is 1. The van der Waals surface area contributed by atoms with Gasteiger partial charge in [0.15, 0.2) is 9.84 Å². The monoisotopic (exact) mass is 318 g/mol. The Bertz CT molecular complexity index is 618. The maximum atomic E-state index is 11.5. The van der Waals surface area contributed by atoms with Crippen LogP contribution in [-0.4, -0.2) is 30.9 Å². The molecule has 1 unspecified atom stereocenters. The van der Waals surface area contributed by atoms with Crippen LogP contribution in [0.2, 0.25) is 5.02 Å². The lowest BCUT2D eigenvalue weighted by atomic mass is 10.1. The summed E-state index contributed by atoms with van der Waals surface area (Å²) in [5.41, 5.74) is 0.450. The highest BCUT2D eigenvalue weighted by Crippen LogP contribution is 2.23. The fourth-order valence-corrected chi connectivity index (χ4v) is 4.18. The first-order valence-electron chi connectivity index (χ1n) is 6.24. The molecule has 1 aromatic carbocycles. The smallest absolute Gasteiger partial charge is 0.273 e. The van der Waals surface area contributed by atoms with Gasteiger partial charge in [-0.1, -0.05) is 11.6 Å². The number of nitro groups is 1. The molecule has 110 valence electrons. The molecule has 0 saturated carbocycles. The van der Waals surface area contributed by atoms with Crippen molar-refractivity contribution in [2.75, 3.05) is 11.5 Å². The van der Waals surface area contributed by atoms with E-state index in [0.717, 1.165) is 6.42 Å². The summed E-state index contributed by atoms with van der Waals surface area (Å²) in [6.07, 6.45) is 1.38. The second-order valence-corrected chi connectivity index (χ2v) is 7.53. The lowest BCUT2D eigenvalue weighted by molar-refractivity contribution is -0.385. The molecule has 0 aromatic heterocycles.